The van der Waals surface area contributed by atoms with E-state index in [4.69, 9.17) is 10.5 Å². The SMILES string of the molecule is C[C@H](N)c1ccnc(Oc2cccc([N+](=O)[O-])c2)c1. The van der Waals surface area contributed by atoms with Gasteiger partial charge in [-0.25, -0.2) is 4.98 Å². The van der Waals surface area contributed by atoms with E-state index >= 15 is 0 Å². The Morgan fingerprint density at radius 2 is 2.16 bits per heavy atom. The largest absolute Gasteiger partial charge is 0.439 e. The molecule has 1 atom stereocenters. The van der Waals surface area contributed by atoms with Crippen molar-refractivity contribution in [2.45, 2.75) is 13.0 Å². The Hall–Kier alpha value is -2.47. The van der Waals surface area contributed by atoms with Gasteiger partial charge < -0.3 is 10.5 Å². The van der Waals surface area contributed by atoms with Crippen molar-refractivity contribution in [1.29, 1.82) is 0 Å². The van der Waals surface area contributed by atoms with Crippen LogP contribution in [0.2, 0.25) is 0 Å². The van der Waals surface area contributed by atoms with E-state index in [2.05, 4.69) is 4.98 Å². The molecule has 0 bridgehead atoms. The van der Waals surface area contributed by atoms with Crippen molar-refractivity contribution in [3.8, 4) is 11.6 Å². The molecule has 2 N–H and O–H groups in total. The summed E-state index contributed by atoms with van der Waals surface area (Å²) >= 11 is 0. The fourth-order valence-electron chi connectivity index (χ4n) is 1.55. The molecule has 1 aromatic heterocycles. The number of non-ortho nitro benzene ring substituents is 1. The molecule has 0 amide bonds. The minimum atomic E-state index is -0.474. The third-order valence-electron chi connectivity index (χ3n) is 2.54. The Bertz CT molecular complexity index is 599. The van der Waals surface area contributed by atoms with E-state index in [1.54, 1.807) is 30.5 Å². The summed E-state index contributed by atoms with van der Waals surface area (Å²) in [7, 11) is 0. The lowest BCUT2D eigenvalue weighted by atomic mass is 10.1. The molecule has 0 aliphatic rings. The number of hydrogen-bond acceptors (Lipinski definition) is 5. The number of hydrogen-bond donors (Lipinski definition) is 1. The molecule has 0 aliphatic carbocycles. The van der Waals surface area contributed by atoms with Crippen LogP contribution in [-0.4, -0.2) is 9.91 Å². The van der Waals surface area contributed by atoms with Gasteiger partial charge in [0.15, 0.2) is 0 Å². The van der Waals surface area contributed by atoms with Crippen LogP contribution < -0.4 is 10.5 Å². The summed E-state index contributed by atoms with van der Waals surface area (Å²) in [6.07, 6.45) is 1.59. The van der Waals surface area contributed by atoms with Crippen LogP contribution in [0.15, 0.2) is 42.6 Å². The van der Waals surface area contributed by atoms with E-state index in [1.807, 2.05) is 6.92 Å². The number of ether oxygens (including phenoxy) is 1. The van der Waals surface area contributed by atoms with Gasteiger partial charge in [0.2, 0.25) is 5.88 Å². The first-order chi connectivity index (χ1) is 9.06. The summed E-state index contributed by atoms with van der Waals surface area (Å²) in [4.78, 5) is 14.2. The Balaban J connectivity index is 2.23. The molecule has 0 unspecified atom stereocenters. The molecule has 1 heterocycles. The molecule has 6 nitrogen and oxygen atoms in total. The van der Waals surface area contributed by atoms with E-state index < -0.39 is 4.92 Å². The molecule has 0 spiro atoms. The fourth-order valence-corrected chi connectivity index (χ4v) is 1.55. The third kappa shape index (κ3) is 3.26. The van der Waals surface area contributed by atoms with E-state index in [0.717, 1.165) is 5.56 Å². The van der Waals surface area contributed by atoms with Gasteiger partial charge in [-0.15, -0.1) is 0 Å². The maximum absolute atomic E-state index is 10.7. The van der Waals surface area contributed by atoms with Crippen LogP contribution in [-0.2, 0) is 0 Å². The van der Waals surface area contributed by atoms with Crippen LogP contribution in [0, 0.1) is 10.1 Å². The van der Waals surface area contributed by atoms with Crippen molar-refractivity contribution >= 4 is 5.69 Å². The number of nitro benzene ring substituents is 1. The molecular weight excluding hydrogens is 246 g/mol. The second-order valence-corrected chi connectivity index (χ2v) is 4.07. The Labute approximate surface area is 110 Å². The summed E-state index contributed by atoms with van der Waals surface area (Å²) < 4.78 is 5.49. The highest BCUT2D eigenvalue weighted by Gasteiger charge is 2.08. The number of nitrogens with two attached hydrogens (primary N) is 1. The first-order valence-corrected chi connectivity index (χ1v) is 5.70. The summed E-state index contributed by atoms with van der Waals surface area (Å²) in [5.41, 5.74) is 6.62. The Morgan fingerprint density at radius 1 is 1.37 bits per heavy atom. The van der Waals surface area contributed by atoms with Crippen LogP contribution in [0.5, 0.6) is 11.6 Å². The lowest BCUT2D eigenvalue weighted by Gasteiger charge is -2.08. The van der Waals surface area contributed by atoms with Gasteiger partial charge in [-0.3, -0.25) is 10.1 Å². The predicted octanol–water partition coefficient (Wildman–Crippen LogP) is 2.80. The topological polar surface area (TPSA) is 91.3 Å². The predicted molar refractivity (Wildman–Crippen MR) is 70.0 cm³/mol. The van der Waals surface area contributed by atoms with Gasteiger partial charge in [0, 0.05) is 24.4 Å². The molecule has 1 aromatic carbocycles. The molecule has 0 aliphatic heterocycles. The number of nitro groups is 1. The summed E-state index contributed by atoms with van der Waals surface area (Å²) in [5.74, 6) is 0.721. The normalized spacial score (nSPS) is 11.9. The van der Waals surface area contributed by atoms with Gasteiger partial charge in [-0.1, -0.05) is 6.07 Å². The zero-order valence-corrected chi connectivity index (χ0v) is 10.3. The van der Waals surface area contributed by atoms with Crippen molar-refractivity contribution in [3.05, 3.63) is 58.3 Å². The maximum Gasteiger partial charge on any atom is 0.273 e. The second kappa shape index (κ2) is 5.45. The zero-order valence-electron chi connectivity index (χ0n) is 10.3. The lowest BCUT2D eigenvalue weighted by Crippen LogP contribution is -2.05. The van der Waals surface area contributed by atoms with Crippen LogP contribution in [0.25, 0.3) is 0 Å². The van der Waals surface area contributed by atoms with Gasteiger partial charge in [-0.2, -0.15) is 0 Å². The average Bonchev–Trinajstić information content (AvgIpc) is 2.39. The minimum absolute atomic E-state index is 0.0270. The zero-order chi connectivity index (χ0) is 13.8. The molecule has 2 aromatic rings. The van der Waals surface area contributed by atoms with E-state index in [-0.39, 0.29) is 11.7 Å². The average molecular weight is 259 g/mol. The standard InChI is InChI=1S/C13H13N3O3/c1-9(14)10-5-6-15-13(7-10)19-12-4-2-3-11(8-12)16(17)18/h2-9H,14H2,1H3/t9-/m0/s1. The van der Waals surface area contributed by atoms with Gasteiger partial charge >= 0.3 is 0 Å². The van der Waals surface area contributed by atoms with Gasteiger partial charge in [0.25, 0.3) is 5.69 Å². The number of rotatable bonds is 4. The van der Waals surface area contributed by atoms with Crippen molar-refractivity contribution in [2.75, 3.05) is 0 Å². The molecule has 0 radical (unpaired) electrons. The second-order valence-electron chi connectivity index (χ2n) is 4.07. The molecule has 19 heavy (non-hydrogen) atoms. The van der Waals surface area contributed by atoms with Crippen LogP contribution in [0.1, 0.15) is 18.5 Å². The van der Waals surface area contributed by atoms with Crippen molar-refractivity contribution in [3.63, 3.8) is 0 Å². The van der Waals surface area contributed by atoms with E-state index in [9.17, 15) is 10.1 Å². The smallest absolute Gasteiger partial charge is 0.273 e. The maximum atomic E-state index is 10.7. The highest BCUT2D eigenvalue weighted by Crippen LogP contribution is 2.25. The number of aromatic nitrogens is 1. The van der Waals surface area contributed by atoms with E-state index in [1.165, 1.54) is 12.1 Å². The molecule has 0 fully saturated rings. The first kappa shape index (κ1) is 13.0. The molecule has 0 saturated carbocycles. The summed E-state index contributed by atoms with van der Waals surface area (Å²) in [5, 5.41) is 10.7. The van der Waals surface area contributed by atoms with Crippen LogP contribution in [0.4, 0.5) is 5.69 Å². The number of nitrogens with zero attached hydrogens (tertiary/aromatic N) is 2. The van der Waals surface area contributed by atoms with Gasteiger partial charge in [-0.05, 0) is 24.6 Å². The monoisotopic (exact) mass is 259 g/mol. The highest BCUT2D eigenvalue weighted by atomic mass is 16.6. The quantitative estimate of drug-likeness (QED) is 0.673. The molecule has 2 rings (SSSR count). The molecule has 6 heteroatoms. The van der Waals surface area contributed by atoms with Crippen LogP contribution in [0.3, 0.4) is 0 Å². The van der Waals surface area contributed by atoms with Crippen molar-refractivity contribution in [2.24, 2.45) is 5.73 Å². The summed E-state index contributed by atoms with van der Waals surface area (Å²) in [6.45, 7) is 1.85. The van der Waals surface area contributed by atoms with Gasteiger partial charge in [0.1, 0.15) is 5.75 Å². The highest BCUT2D eigenvalue weighted by molar-refractivity contribution is 5.39. The summed E-state index contributed by atoms with van der Waals surface area (Å²) in [6, 6.07) is 9.32. The van der Waals surface area contributed by atoms with Gasteiger partial charge in [0.05, 0.1) is 11.0 Å². The molecule has 0 saturated heterocycles. The Morgan fingerprint density at radius 3 is 2.84 bits per heavy atom. The molecule has 98 valence electrons. The number of pyridine rings is 1. The lowest BCUT2D eigenvalue weighted by molar-refractivity contribution is -0.384. The van der Waals surface area contributed by atoms with Crippen molar-refractivity contribution in [1.82, 2.24) is 4.98 Å². The molecular formula is C13H13N3O3. The third-order valence-corrected chi connectivity index (χ3v) is 2.54. The van der Waals surface area contributed by atoms with Crippen molar-refractivity contribution < 1.29 is 9.66 Å². The van der Waals surface area contributed by atoms with Crippen LogP contribution >= 0.6 is 0 Å². The fraction of sp³-hybridized carbons (Fsp3) is 0.154. The number of benzene rings is 1. The van der Waals surface area contributed by atoms with E-state index in [0.29, 0.717) is 11.6 Å². The minimum Gasteiger partial charge on any atom is -0.439 e. The Kier molecular flexibility index (Phi) is 3.72. The first-order valence-electron chi connectivity index (χ1n) is 5.70.